The van der Waals surface area contributed by atoms with Gasteiger partial charge < -0.3 is 10.2 Å². The average Bonchev–Trinajstić information content (AvgIpc) is 2.71. The zero-order valence-corrected chi connectivity index (χ0v) is 19.0. The Kier molecular flexibility index (Phi) is 6.70. The van der Waals surface area contributed by atoms with Crippen molar-refractivity contribution < 1.29 is 18.0 Å². The first-order valence-corrected chi connectivity index (χ1v) is 11.3. The molecule has 13 heteroatoms. The highest BCUT2D eigenvalue weighted by Gasteiger charge is 2.32. The number of aromatic nitrogens is 2. The number of anilines is 1. The third kappa shape index (κ3) is 4.90. The van der Waals surface area contributed by atoms with Gasteiger partial charge in [-0.05, 0) is 24.6 Å². The molecule has 1 N–H and O–H groups in total. The normalized spacial score (nSPS) is 15.2. The Labute approximate surface area is 188 Å². The summed E-state index contributed by atoms with van der Waals surface area (Å²) in [6, 6.07) is 4.40. The van der Waals surface area contributed by atoms with E-state index in [9.17, 15) is 22.8 Å². The van der Waals surface area contributed by atoms with Crippen LogP contribution in [0.2, 0.25) is 10.0 Å². The van der Waals surface area contributed by atoms with Gasteiger partial charge in [0.05, 0.1) is 22.7 Å². The van der Waals surface area contributed by atoms with E-state index in [0.29, 0.717) is 12.1 Å². The Hall–Kier alpha value is -2.47. The van der Waals surface area contributed by atoms with Crippen molar-refractivity contribution >= 4 is 50.7 Å². The van der Waals surface area contributed by atoms with Gasteiger partial charge in [0.25, 0.3) is 5.56 Å². The van der Waals surface area contributed by atoms with Crippen molar-refractivity contribution in [2.45, 2.75) is 18.4 Å². The van der Waals surface area contributed by atoms with E-state index in [0.717, 1.165) is 15.2 Å². The van der Waals surface area contributed by atoms with Gasteiger partial charge in [-0.3, -0.25) is 14.4 Å². The van der Waals surface area contributed by atoms with Gasteiger partial charge in [0.1, 0.15) is 11.6 Å². The number of amides is 2. The van der Waals surface area contributed by atoms with Gasteiger partial charge in [-0.1, -0.05) is 29.3 Å². The molecule has 0 atom stereocenters. The van der Waals surface area contributed by atoms with Gasteiger partial charge >= 0.3 is 0 Å². The van der Waals surface area contributed by atoms with Crippen LogP contribution in [-0.2, 0) is 26.2 Å². The van der Waals surface area contributed by atoms with E-state index >= 15 is 0 Å². The van der Waals surface area contributed by atoms with E-state index in [4.69, 9.17) is 23.2 Å². The molecule has 1 aliphatic rings. The van der Waals surface area contributed by atoms with Crippen molar-refractivity contribution in [3.05, 3.63) is 50.4 Å². The van der Waals surface area contributed by atoms with E-state index in [1.807, 2.05) is 0 Å². The summed E-state index contributed by atoms with van der Waals surface area (Å²) in [6.45, 7) is 1.39. The van der Waals surface area contributed by atoms with Crippen LogP contribution in [0.5, 0.6) is 0 Å². The maximum absolute atomic E-state index is 13.1. The predicted octanol–water partition coefficient (Wildman–Crippen LogP) is 0.960. The van der Waals surface area contributed by atoms with Gasteiger partial charge in [-0.2, -0.15) is 9.40 Å². The zero-order chi connectivity index (χ0) is 22.9. The molecule has 10 nitrogen and oxygen atoms in total. The Bertz CT molecular complexity index is 1210. The molecule has 0 spiro atoms. The van der Waals surface area contributed by atoms with Crippen LogP contribution in [-0.4, -0.2) is 65.9 Å². The number of hydrogen-bond acceptors (Lipinski definition) is 6. The maximum atomic E-state index is 13.1. The largest absolute Gasteiger partial charge is 0.343 e. The number of nitrogens with zero attached hydrogens (tertiary/aromatic N) is 4. The van der Waals surface area contributed by atoms with Crippen LogP contribution < -0.4 is 10.9 Å². The summed E-state index contributed by atoms with van der Waals surface area (Å²) in [4.78, 5) is 37.8. The summed E-state index contributed by atoms with van der Waals surface area (Å²) in [5.41, 5.74) is -0.0503. The molecule has 2 amide bonds. The lowest BCUT2D eigenvalue weighted by molar-refractivity contribution is -0.132. The minimum absolute atomic E-state index is 0.0208. The second-order valence-corrected chi connectivity index (χ2v) is 9.64. The summed E-state index contributed by atoms with van der Waals surface area (Å²) in [6.07, 6.45) is 1.15. The molecule has 0 aliphatic carbocycles. The first-order valence-electron chi connectivity index (χ1n) is 9.06. The number of likely N-dealkylation sites (N-methyl/N-ethyl adjacent to an activating group) is 1. The van der Waals surface area contributed by atoms with Crippen LogP contribution in [0.4, 0.5) is 5.69 Å². The highest BCUT2D eigenvalue weighted by Crippen LogP contribution is 2.25. The minimum Gasteiger partial charge on any atom is -0.343 e. The fourth-order valence-corrected chi connectivity index (χ4v) is 4.83. The SMILES string of the molecule is Cc1ccc(NC(=O)Cn2ncc(Cl)c(Cl)c2=O)cc1S(=O)(=O)N1CCN(C)C(=O)C1. The van der Waals surface area contributed by atoms with Crippen molar-refractivity contribution in [2.75, 3.05) is 32.0 Å². The lowest BCUT2D eigenvalue weighted by Gasteiger charge is -2.31. The number of halogens is 2. The van der Waals surface area contributed by atoms with Gasteiger partial charge in [0, 0.05) is 25.8 Å². The molecule has 0 saturated carbocycles. The molecule has 1 saturated heterocycles. The van der Waals surface area contributed by atoms with Gasteiger partial charge in [0.2, 0.25) is 21.8 Å². The number of nitrogens with one attached hydrogen (secondary N) is 1. The van der Waals surface area contributed by atoms with Crippen LogP contribution in [0.25, 0.3) is 0 Å². The fraction of sp³-hybridized carbons (Fsp3) is 0.333. The van der Waals surface area contributed by atoms with Gasteiger partial charge in [0.15, 0.2) is 0 Å². The van der Waals surface area contributed by atoms with Gasteiger partial charge in [-0.15, -0.1) is 0 Å². The Morgan fingerprint density at radius 3 is 2.61 bits per heavy atom. The zero-order valence-electron chi connectivity index (χ0n) is 16.6. The van der Waals surface area contributed by atoms with Crippen molar-refractivity contribution in [3.8, 4) is 0 Å². The number of carbonyl (C=O) groups excluding carboxylic acids is 2. The third-order valence-corrected chi connectivity index (χ3v) is 7.48. The van der Waals surface area contributed by atoms with Crippen molar-refractivity contribution in [3.63, 3.8) is 0 Å². The lowest BCUT2D eigenvalue weighted by Crippen LogP contribution is -2.50. The Morgan fingerprint density at radius 2 is 1.94 bits per heavy atom. The molecule has 166 valence electrons. The second kappa shape index (κ2) is 8.95. The van der Waals surface area contributed by atoms with E-state index in [2.05, 4.69) is 10.4 Å². The highest BCUT2D eigenvalue weighted by atomic mass is 35.5. The van der Waals surface area contributed by atoms with Crippen molar-refractivity contribution in [1.82, 2.24) is 19.0 Å². The number of piperazine rings is 1. The van der Waals surface area contributed by atoms with Crippen LogP contribution in [0, 0.1) is 6.92 Å². The molecule has 0 unspecified atom stereocenters. The van der Waals surface area contributed by atoms with E-state index in [1.165, 1.54) is 17.0 Å². The van der Waals surface area contributed by atoms with E-state index in [1.54, 1.807) is 20.0 Å². The van der Waals surface area contributed by atoms with Crippen molar-refractivity contribution in [1.29, 1.82) is 0 Å². The number of benzene rings is 1. The van der Waals surface area contributed by atoms with Crippen LogP contribution >= 0.6 is 23.2 Å². The number of sulfonamides is 1. The number of carbonyl (C=O) groups is 2. The second-order valence-electron chi connectivity index (χ2n) is 6.95. The quantitative estimate of drug-likeness (QED) is 0.669. The Balaban J connectivity index is 1.81. The predicted molar refractivity (Wildman–Crippen MR) is 115 cm³/mol. The fourth-order valence-electron chi connectivity index (χ4n) is 2.93. The topological polar surface area (TPSA) is 122 Å². The molecule has 1 aliphatic heterocycles. The average molecular weight is 488 g/mol. The molecule has 0 bridgehead atoms. The molecule has 0 radical (unpaired) electrons. The molecule has 3 rings (SSSR count). The summed E-state index contributed by atoms with van der Waals surface area (Å²) in [5, 5.41) is 6.01. The van der Waals surface area contributed by atoms with Crippen LogP contribution in [0.15, 0.2) is 34.1 Å². The lowest BCUT2D eigenvalue weighted by atomic mass is 10.2. The maximum Gasteiger partial charge on any atom is 0.287 e. The number of hydrogen-bond donors (Lipinski definition) is 1. The summed E-state index contributed by atoms with van der Waals surface area (Å²) in [5.74, 6) is -0.911. The first-order chi connectivity index (χ1) is 14.5. The molecule has 31 heavy (non-hydrogen) atoms. The number of aryl methyl sites for hydroxylation is 1. The molecule has 1 fully saturated rings. The minimum atomic E-state index is -3.95. The molecule has 1 aromatic carbocycles. The molecular formula is C18H19Cl2N5O5S. The van der Waals surface area contributed by atoms with E-state index < -0.39 is 28.0 Å². The summed E-state index contributed by atoms with van der Waals surface area (Å²) in [7, 11) is -2.34. The van der Waals surface area contributed by atoms with E-state index in [-0.39, 0.29) is 39.6 Å². The molecular weight excluding hydrogens is 469 g/mol. The Morgan fingerprint density at radius 1 is 1.23 bits per heavy atom. The summed E-state index contributed by atoms with van der Waals surface area (Å²) >= 11 is 11.5. The highest BCUT2D eigenvalue weighted by molar-refractivity contribution is 7.89. The molecule has 2 heterocycles. The first kappa shape index (κ1) is 23.2. The monoisotopic (exact) mass is 487 g/mol. The molecule has 2 aromatic rings. The van der Waals surface area contributed by atoms with Crippen LogP contribution in [0.1, 0.15) is 5.56 Å². The summed E-state index contributed by atoms with van der Waals surface area (Å²) < 4.78 is 28.1. The standard InChI is InChI=1S/C18H19Cl2N5O5S/c1-11-3-4-12(22-15(26)9-25-18(28)17(20)13(19)8-21-25)7-14(11)31(29,30)24-6-5-23(2)16(27)10-24/h3-4,7-8H,5-6,9-10H2,1-2H3,(H,22,26). The van der Waals surface area contributed by atoms with Gasteiger partial charge in [-0.25, -0.2) is 13.1 Å². The smallest absolute Gasteiger partial charge is 0.287 e. The molecule has 1 aromatic heterocycles. The van der Waals surface area contributed by atoms with Crippen LogP contribution in [0.3, 0.4) is 0 Å². The third-order valence-electron chi connectivity index (χ3n) is 4.75. The number of rotatable bonds is 5. The van der Waals surface area contributed by atoms with Crippen molar-refractivity contribution in [2.24, 2.45) is 0 Å².